The van der Waals surface area contributed by atoms with Gasteiger partial charge in [0, 0.05) is 31.0 Å². The number of anilines is 1. The number of nitrogens with zero attached hydrogens (tertiary/aromatic N) is 3. The van der Waals surface area contributed by atoms with Gasteiger partial charge in [-0.05, 0) is 36.1 Å². The van der Waals surface area contributed by atoms with Crippen LogP contribution in [0, 0.1) is 5.82 Å². The average molecular weight is 396 g/mol. The number of halogens is 1. The highest BCUT2D eigenvalue weighted by Crippen LogP contribution is 2.27. The third kappa shape index (κ3) is 4.36. The molecule has 1 fully saturated rings. The Bertz CT molecular complexity index is 929. The zero-order chi connectivity index (χ0) is 19.3. The number of hydrogen-bond donors (Lipinski definition) is 1. The molecule has 4 rings (SSSR count). The van der Waals surface area contributed by atoms with Gasteiger partial charge in [0.05, 0.1) is 0 Å². The normalized spacial score (nSPS) is 16.3. The number of carbonyl (C=O) groups excluding carboxylic acids is 1. The number of rotatable bonds is 6. The largest absolute Gasteiger partial charge is 0.350 e. The van der Waals surface area contributed by atoms with Gasteiger partial charge in [0.2, 0.25) is 11.0 Å². The monoisotopic (exact) mass is 396 g/mol. The lowest BCUT2D eigenvalue weighted by Crippen LogP contribution is -2.43. The van der Waals surface area contributed by atoms with Gasteiger partial charge >= 0.3 is 0 Å². The molecule has 3 aromatic rings. The lowest BCUT2D eigenvalue weighted by molar-refractivity contribution is -0.122. The van der Waals surface area contributed by atoms with Gasteiger partial charge in [-0.15, -0.1) is 0 Å². The predicted octanol–water partition coefficient (Wildman–Crippen LogP) is 3.55. The summed E-state index contributed by atoms with van der Waals surface area (Å²) < 4.78 is 17.5. The van der Waals surface area contributed by atoms with Crippen molar-refractivity contribution < 1.29 is 9.18 Å². The molecule has 0 spiro atoms. The Hall–Kier alpha value is -2.80. The van der Waals surface area contributed by atoms with Crippen LogP contribution in [0.15, 0.2) is 54.6 Å². The van der Waals surface area contributed by atoms with Gasteiger partial charge in [-0.2, -0.15) is 4.37 Å². The summed E-state index contributed by atoms with van der Waals surface area (Å²) in [6, 6.07) is 16.0. The summed E-state index contributed by atoms with van der Waals surface area (Å²) in [5.41, 5.74) is 2.04. The number of aromatic nitrogens is 2. The quantitative estimate of drug-likeness (QED) is 0.692. The van der Waals surface area contributed by atoms with Crippen LogP contribution in [0.1, 0.15) is 29.8 Å². The standard InChI is InChI=1S/C21H21FN4OS/c22-17-10-8-16(9-11-17)14-23-20(27)18-7-4-12-26(18)21-24-19(25-28-21)13-15-5-2-1-3-6-15/h1-3,5-6,8-11,18H,4,7,12-14H2,(H,23,27). The van der Waals surface area contributed by atoms with E-state index in [-0.39, 0.29) is 17.8 Å². The van der Waals surface area contributed by atoms with Gasteiger partial charge in [-0.25, -0.2) is 9.37 Å². The molecule has 1 atom stereocenters. The average Bonchev–Trinajstić information content (AvgIpc) is 3.37. The van der Waals surface area contributed by atoms with Crippen LogP contribution >= 0.6 is 11.5 Å². The van der Waals surface area contributed by atoms with E-state index < -0.39 is 0 Å². The maximum absolute atomic E-state index is 13.0. The summed E-state index contributed by atoms with van der Waals surface area (Å²) >= 11 is 1.35. The fourth-order valence-corrected chi connectivity index (χ4v) is 4.15. The summed E-state index contributed by atoms with van der Waals surface area (Å²) in [5, 5.41) is 3.76. The van der Waals surface area contributed by atoms with Crippen molar-refractivity contribution in [3.8, 4) is 0 Å². The van der Waals surface area contributed by atoms with Crippen LogP contribution in [0.2, 0.25) is 0 Å². The third-order valence-electron chi connectivity index (χ3n) is 4.84. The van der Waals surface area contributed by atoms with E-state index in [0.717, 1.165) is 35.9 Å². The Morgan fingerprint density at radius 3 is 2.71 bits per heavy atom. The molecule has 1 aliphatic rings. The molecule has 28 heavy (non-hydrogen) atoms. The molecule has 0 radical (unpaired) electrons. The summed E-state index contributed by atoms with van der Waals surface area (Å²) in [4.78, 5) is 19.4. The van der Waals surface area contributed by atoms with E-state index >= 15 is 0 Å². The SMILES string of the molecule is O=C(NCc1ccc(F)cc1)C1CCCN1c1nc(Cc2ccccc2)ns1. The smallest absolute Gasteiger partial charge is 0.243 e. The molecule has 2 heterocycles. The van der Waals surface area contributed by atoms with Crippen LogP contribution in [0.5, 0.6) is 0 Å². The molecular weight excluding hydrogens is 375 g/mol. The molecule has 0 saturated carbocycles. The first-order valence-corrected chi connectivity index (χ1v) is 10.1. The maximum atomic E-state index is 13.0. The number of carbonyl (C=O) groups is 1. The van der Waals surface area contributed by atoms with Crippen molar-refractivity contribution in [1.29, 1.82) is 0 Å². The zero-order valence-corrected chi connectivity index (χ0v) is 16.2. The highest BCUT2D eigenvalue weighted by Gasteiger charge is 2.32. The Labute approximate surface area is 167 Å². The van der Waals surface area contributed by atoms with E-state index in [1.807, 2.05) is 23.1 Å². The highest BCUT2D eigenvalue weighted by atomic mass is 32.1. The second-order valence-corrected chi connectivity index (χ2v) is 7.58. The summed E-state index contributed by atoms with van der Waals surface area (Å²) in [5.74, 6) is 0.477. The first kappa shape index (κ1) is 18.6. The molecule has 1 unspecified atom stereocenters. The van der Waals surface area contributed by atoms with Crippen LogP contribution in [0.4, 0.5) is 9.52 Å². The van der Waals surface area contributed by atoms with Crippen LogP contribution in [0.3, 0.4) is 0 Å². The van der Waals surface area contributed by atoms with E-state index in [4.69, 9.17) is 0 Å². The molecule has 1 aliphatic heterocycles. The number of hydrogen-bond acceptors (Lipinski definition) is 5. The second kappa shape index (κ2) is 8.48. The number of benzene rings is 2. The van der Waals surface area contributed by atoms with Crippen molar-refractivity contribution in [2.24, 2.45) is 0 Å². The molecule has 7 heteroatoms. The highest BCUT2D eigenvalue weighted by molar-refractivity contribution is 7.09. The molecule has 0 bridgehead atoms. The molecule has 0 aliphatic carbocycles. The van der Waals surface area contributed by atoms with Gasteiger partial charge in [-0.1, -0.05) is 42.5 Å². The summed E-state index contributed by atoms with van der Waals surface area (Å²) in [7, 11) is 0. The Morgan fingerprint density at radius 1 is 1.14 bits per heavy atom. The lowest BCUT2D eigenvalue weighted by atomic mass is 10.1. The lowest BCUT2D eigenvalue weighted by Gasteiger charge is -2.22. The van der Waals surface area contributed by atoms with Crippen LogP contribution in [0.25, 0.3) is 0 Å². The Balaban J connectivity index is 1.39. The van der Waals surface area contributed by atoms with E-state index in [0.29, 0.717) is 13.0 Å². The first-order chi connectivity index (χ1) is 13.7. The fourth-order valence-electron chi connectivity index (χ4n) is 3.39. The van der Waals surface area contributed by atoms with Crippen molar-refractivity contribution in [1.82, 2.24) is 14.7 Å². The van der Waals surface area contributed by atoms with E-state index in [2.05, 4.69) is 26.8 Å². The predicted molar refractivity (Wildman–Crippen MR) is 108 cm³/mol. The van der Waals surface area contributed by atoms with Gasteiger partial charge in [0.25, 0.3) is 0 Å². The van der Waals surface area contributed by atoms with Crippen molar-refractivity contribution in [2.75, 3.05) is 11.4 Å². The molecule has 5 nitrogen and oxygen atoms in total. The van der Waals surface area contributed by atoms with E-state index in [1.54, 1.807) is 12.1 Å². The van der Waals surface area contributed by atoms with E-state index in [9.17, 15) is 9.18 Å². The Kier molecular flexibility index (Phi) is 5.62. The van der Waals surface area contributed by atoms with Crippen molar-refractivity contribution >= 4 is 22.6 Å². The molecule has 1 N–H and O–H groups in total. The van der Waals surface area contributed by atoms with Crippen molar-refractivity contribution in [3.05, 3.63) is 77.4 Å². The zero-order valence-electron chi connectivity index (χ0n) is 15.3. The molecule has 2 aromatic carbocycles. The summed E-state index contributed by atoms with van der Waals surface area (Å²) in [6.07, 6.45) is 2.43. The molecule has 1 amide bonds. The fraction of sp³-hybridized carbons (Fsp3) is 0.286. The van der Waals surface area contributed by atoms with Crippen LogP contribution in [-0.4, -0.2) is 27.9 Å². The molecule has 1 aromatic heterocycles. The summed E-state index contributed by atoms with van der Waals surface area (Å²) in [6.45, 7) is 1.19. The first-order valence-electron chi connectivity index (χ1n) is 9.34. The Morgan fingerprint density at radius 2 is 1.93 bits per heavy atom. The van der Waals surface area contributed by atoms with Gasteiger partial charge in [0.15, 0.2) is 0 Å². The van der Waals surface area contributed by atoms with Crippen LogP contribution < -0.4 is 10.2 Å². The molecule has 1 saturated heterocycles. The van der Waals surface area contributed by atoms with E-state index in [1.165, 1.54) is 29.2 Å². The maximum Gasteiger partial charge on any atom is 0.243 e. The van der Waals surface area contributed by atoms with Gasteiger partial charge < -0.3 is 10.2 Å². The number of amides is 1. The topological polar surface area (TPSA) is 58.1 Å². The molecular formula is C21H21FN4OS. The minimum absolute atomic E-state index is 0.0263. The van der Waals surface area contributed by atoms with Gasteiger partial charge in [0.1, 0.15) is 17.7 Å². The van der Waals surface area contributed by atoms with Crippen LogP contribution in [-0.2, 0) is 17.8 Å². The van der Waals surface area contributed by atoms with Crippen molar-refractivity contribution in [3.63, 3.8) is 0 Å². The van der Waals surface area contributed by atoms with Crippen molar-refractivity contribution in [2.45, 2.75) is 31.8 Å². The minimum atomic E-state index is -0.278. The molecule has 144 valence electrons. The van der Waals surface area contributed by atoms with Gasteiger partial charge in [-0.3, -0.25) is 4.79 Å². The number of nitrogens with one attached hydrogen (secondary N) is 1. The third-order valence-corrected chi connectivity index (χ3v) is 5.63. The minimum Gasteiger partial charge on any atom is -0.350 e. The second-order valence-electron chi connectivity index (χ2n) is 6.85.